The fraction of sp³-hybridized carbons (Fsp3) is 0.407. The Kier molecular flexibility index (Phi) is 8.91. The zero-order valence-electron chi connectivity index (χ0n) is 21.8. The second kappa shape index (κ2) is 12.2. The van der Waals surface area contributed by atoms with Crippen LogP contribution in [0.1, 0.15) is 31.0 Å². The van der Waals surface area contributed by atoms with Gasteiger partial charge in [-0.1, -0.05) is 29.8 Å². The first-order chi connectivity index (χ1) is 18.6. The van der Waals surface area contributed by atoms with Crippen LogP contribution in [0.15, 0.2) is 48.5 Å². The van der Waals surface area contributed by atoms with E-state index in [1.54, 1.807) is 48.5 Å². The maximum absolute atomic E-state index is 13.9. The van der Waals surface area contributed by atoms with Gasteiger partial charge in [0.05, 0.1) is 26.0 Å². The average molecular weight is 566 g/mol. The maximum atomic E-state index is 13.9. The van der Waals surface area contributed by atoms with Crippen LogP contribution in [-0.2, 0) is 4.79 Å². The van der Waals surface area contributed by atoms with E-state index in [4.69, 9.17) is 21.1 Å². The maximum Gasteiger partial charge on any atom is 0.410 e. The van der Waals surface area contributed by atoms with E-state index in [1.807, 2.05) is 11.8 Å². The molecule has 39 heavy (non-hydrogen) atoms. The molecule has 2 unspecified atom stereocenters. The minimum Gasteiger partial charge on any atom is -0.493 e. The second-order valence-electron chi connectivity index (χ2n) is 9.37. The fourth-order valence-electron chi connectivity index (χ4n) is 4.64. The molecule has 0 bridgehead atoms. The molecule has 2 aliphatic heterocycles. The molecule has 2 N–H and O–H groups in total. The number of methoxy groups -OCH3 is 2. The van der Waals surface area contributed by atoms with Crippen molar-refractivity contribution < 1.29 is 27.4 Å². The normalized spacial score (nSPS) is 20.7. The lowest BCUT2D eigenvalue weighted by molar-refractivity contribution is -0.173. The Hall–Kier alpha value is -3.44. The van der Waals surface area contributed by atoms with Gasteiger partial charge >= 0.3 is 6.18 Å². The number of carbonyl (C=O) groups is 1. The summed E-state index contributed by atoms with van der Waals surface area (Å²) in [5, 5.41) is 11.2. The predicted octanol–water partition coefficient (Wildman–Crippen LogP) is 5.32. The van der Waals surface area contributed by atoms with E-state index >= 15 is 0 Å². The highest BCUT2D eigenvalue weighted by atomic mass is 35.5. The average Bonchev–Trinajstić information content (AvgIpc) is 3.36. The number of piperazine rings is 1. The Morgan fingerprint density at radius 1 is 1.08 bits per heavy atom. The van der Waals surface area contributed by atoms with Gasteiger partial charge in [0, 0.05) is 48.7 Å². The van der Waals surface area contributed by atoms with E-state index in [0.29, 0.717) is 45.2 Å². The molecule has 1 amide bonds. The number of halogens is 4. The Morgan fingerprint density at radius 2 is 1.79 bits per heavy atom. The minimum absolute atomic E-state index is 0.201. The minimum atomic E-state index is -4.45. The highest BCUT2D eigenvalue weighted by Crippen LogP contribution is 2.45. The molecule has 5 rings (SSSR count). The summed E-state index contributed by atoms with van der Waals surface area (Å²) in [5.74, 6) is 1.27. The van der Waals surface area contributed by atoms with Crippen molar-refractivity contribution in [3.63, 3.8) is 0 Å². The first-order valence-corrected chi connectivity index (χ1v) is 12.8. The lowest BCUT2D eigenvalue weighted by Gasteiger charge is -2.33. The van der Waals surface area contributed by atoms with Gasteiger partial charge in [0.1, 0.15) is 5.82 Å². The highest BCUT2D eigenvalue weighted by Gasteiger charge is 2.46. The number of alkyl halides is 3. The molecular formula is C27H31ClF3N5O3. The smallest absolute Gasteiger partial charge is 0.410 e. The number of aromatic nitrogens is 2. The van der Waals surface area contributed by atoms with Gasteiger partial charge in [0.15, 0.2) is 17.5 Å². The summed E-state index contributed by atoms with van der Waals surface area (Å²) in [4.78, 5) is 12.1. The Labute approximate surface area is 230 Å². The number of carbonyl (C=O) groups excluding carboxylic acids is 1. The van der Waals surface area contributed by atoms with Crippen LogP contribution in [0.5, 0.6) is 11.5 Å². The molecular weight excluding hydrogens is 535 g/mol. The number of amides is 1. The molecule has 1 fully saturated rings. The molecule has 8 nitrogen and oxygen atoms in total. The predicted molar refractivity (Wildman–Crippen MR) is 143 cm³/mol. The molecule has 210 valence electrons. The van der Waals surface area contributed by atoms with Gasteiger partial charge in [-0.05, 0) is 36.8 Å². The lowest BCUT2D eigenvalue weighted by Crippen LogP contribution is -2.48. The Balaban J connectivity index is 0.000000333. The molecule has 2 aliphatic rings. The van der Waals surface area contributed by atoms with Crippen molar-refractivity contribution in [2.45, 2.75) is 37.6 Å². The molecule has 2 aromatic carbocycles. The van der Waals surface area contributed by atoms with Crippen molar-refractivity contribution in [2.75, 3.05) is 39.2 Å². The molecule has 3 atom stereocenters. The van der Waals surface area contributed by atoms with Crippen LogP contribution in [0, 0.1) is 0 Å². The fourth-order valence-corrected chi connectivity index (χ4v) is 4.76. The van der Waals surface area contributed by atoms with Crippen molar-refractivity contribution in [1.29, 1.82) is 0 Å². The number of ether oxygens (including phenoxy) is 2. The summed E-state index contributed by atoms with van der Waals surface area (Å²) >= 11 is 5.91. The SMILES string of the molecule is COc1ccc(C2CC(C(F)(F)F)n3nc(-c4ccc(Cl)cc4)cc3N2)cc1OC.C[C@H]1CNCCN1C=O. The van der Waals surface area contributed by atoms with Crippen molar-refractivity contribution in [2.24, 2.45) is 0 Å². The monoisotopic (exact) mass is 565 g/mol. The highest BCUT2D eigenvalue weighted by molar-refractivity contribution is 6.30. The number of anilines is 1. The first-order valence-electron chi connectivity index (χ1n) is 12.5. The summed E-state index contributed by atoms with van der Waals surface area (Å²) < 4.78 is 53.2. The molecule has 0 spiro atoms. The molecule has 0 radical (unpaired) electrons. The summed E-state index contributed by atoms with van der Waals surface area (Å²) in [6.07, 6.45) is -3.73. The third-order valence-corrected chi connectivity index (χ3v) is 7.08. The molecule has 0 saturated carbocycles. The van der Waals surface area contributed by atoms with Gasteiger partial charge in [0.2, 0.25) is 6.41 Å². The number of benzene rings is 2. The molecule has 1 saturated heterocycles. The quantitative estimate of drug-likeness (QED) is 0.408. The summed E-state index contributed by atoms with van der Waals surface area (Å²) in [5.41, 5.74) is 1.80. The van der Waals surface area contributed by atoms with Crippen LogP contribution in [0.4, 0.5) is 19.0 Å². The number of hydrogen-bond donors (Lipinski definition) is 2. The molecule has 12 heteroatoms. The number of fused-ring (bicyclic) bond motifs is 1. The van der Waals surface area contributed by atoms with E-state index in [9.17, 15) is 18.0 Å². The molecule has 3 heterocycles. The lowest BCUT2D eigenvalue weighted by atomic mass is 9.96. The van der Waals surface area contributed by atoms with Crippen molar-refractivity contribution in [3.8, 4) is 22.8 Å². The van der Waals surface area contributed by atoms with Crippen LogP contribution in [0.3, 0.4) is 0 Å². The van der Waals surface area contributed by atoms with Crippen molar-refractivity contribution >= 4 is 23.8 Å². The second-order valence-corrected chi connectivity index (χ2v) is 9.80. The number of rotatable bonds is 5. The number of hydrogen-bond acceptors (Lipinski definition) is 6. The van der Waals surface area contributed by atoms with Crippen molar-refractivity contribution in [1.82, 2.24) is 20.0 Å². The van der Waals surface area contributed by atoms with Gasteiger partial charge in [-0.25, -0.2) is 4.68 Å². The summed E-state index contributed by atoms with van der Waals surface area (Å²) in [7, 11) is 2.99. The van der Waals surface area contributed by atoms with Crippen LogP contribution in [0.25, 0.3) is 11.3 Å². The summed E-state index contributed by atoms with van der Waals surface area (Å²) in [6.45, 7) is 4.76. The van der Waals surface area contributed by atoms with Crippen molar-refractivity contribution in [3.05, 3.63) is 59.1 Å². The van der Waals surface area contributed by atoms with Gasteiger partial charge in [-0.2, -0.15) is 18.3 Å². The van der Waals surface area contributed by atoms with E-state index < -0.39 is 18.3 Å². The van der Waals surface area contributed by atoms with Gasteiger partial charge in [-0.15, -0.1) is 0 Å². The largest absolute Gasteiger partial charge is 0.493 e. The third kappa shape index (κ3) is 6.59. The van der Waals surface area contributed by atoms with E-state index in [1.165, 1.54) is 14.2 Å². The van der Waals surface area contributed by atoms with Gasteiger partial charge < -0.3 is 25.0 Å². The summed E-state index contributed by atoms with van der Waals surface area (Å²) in [6, 6.07) is 11.6. The number of nitrogens with one attached hydrogen (secondary N) is 2. The standard InChI is InChI=1S/C21H19ClF3N3O2.C6H12N2O/c1-29-17-8-5-13(9-18(17)30-2)15-10-19(21(23,24)25)28-20(26-15)11-16(27-28)12-3-6-14(22)7-4-12;1-6-4-7-2-3-8(6)5-9/h3-9,11,15,19,26H,10H2,1-2H3;5-7H,2-4H2,1H3/t;6-/m.0/s1. The van der Waals surface area contributed by atoms with Crippen LogP contribution in [-0.4, -0.2) is 67.2 Å². The van der Waals surface area contributed by atoms with Gasteiger partial charge in [-0.3, -0.25) is 4.79 Å². The topological polar surface area (TPSA) is 80.7 Å². The first kappa shape index (κ1) is 28.6. The van der Waals surface area contributed by atoms with Gasteiger partial charge in [0.25, 0.3) is 0 Å². The van der Waals surface area contributed by atoms with Crippen LogP contribution in [0.2, 0.25) is 5.02 Å². The third-order valence-electron chi connectivity index (χ3n) is 6.83. The van der Waals surface area contributed by atoms with E-state index in [2.05, 4.69) is 15.7 Å². The molecule has 1 aromatic heterocycles. The zero-order chi connectivity index (χ0) is 28.2. The molecule has 3 aromatic rings. The zero-order valence-corrected chi connectivity index (χ0v) is 22.6. The van der Waals surface area contributed by atoms with Crippen LogP contribution < -0.4 is 20.1 Å². The van der Waals surface area contributed by atoms with E-state index in [0.717, 1.165) is 30.7 Å². The Bertz CT molecular complexity index is 1270. The van der Waals surface area contributed by atoms with Crippen LogP contribution >= 0.6 is 11.6 Å². The van der Waals surface area contributed by atoms with E-state index in [-0.39, 0.29) is 6.42 Å². The number of nitrogens with zero attached hydrogens (tertiary/aromatic N) is 3. The molecule has 0 aliphatic carbocycles. The Morgan fingerprint density at radius 3 is 2.38 bits per heavy atom.